The van der Waals surface area contributed by atoms with Crippen LogP contribution in [0.5, 0.6) is 0 Å². The van der Waals surface area contributed by atoms with Crippen LogP contribution in [0, 0.1) is 19.7 Å². The highest BCUT2D eigenvalue weighted by Crippen LogP contribution is 2.16. The van der Waals surface area contributed by atoms with Gasteiger partial charge in [-0.2, -0.15) is 0 Å². The summed E-state index contributed by atoms with van der Waals surface area (Å²) in [5.74, 6) is -0.0610. The number of hydrogen-bond acceptors (Lipinski definition) is 4. The van der Waals surface area contributed by atoms with Crippen molar-refractivity contribution >= 4 is 22.9 Å². The smallest absolute Gasteiger partial charge is 0.181 e. The molecule has 0 bridgehead atoms. The van der Waals surface area contributed by atoms with Crippen LogP contribution in [0.4, 0.5) is 4.39 Å². The Morgan fingerprint density at radius 3 is 2.62 bits per heavy atom. The van der Waals surface area contributed by atoms with Gasteiger partial charge >= 0.3 is 0 Å². The zero-order valence-electron chi connectivity index (χ0n) is 8.79. The average Bonchev–Trinajstić information content (AvgIpc) is 2.60. The van der Waals surface area contributed by atoms with Gasteiger partial charge in [-0.15, -0.1) is 11.3 Å². The van der Waals surface area contributed by atoms with Crippen LogP contribution in [0.15, 0.2) is 5.38 Å². The number of aryl methyl sites for hydroxylation is 2. The maximum Gasteiger partial charge on any atom is 0.181 e. The Morgan fingerprint density at radius 1 is 1.31 bits per heavy atom. The molecule has 84 valence electrons. The van der Waals surface area contributed by atoms with Crippen LogP contribution in [-0.2, 0) is 6.42 Å². The third-order valence-electron chi connectivity index (χ3n) is 2.03. The molecule has 2 heterocycles. The second-order valence-electron chi connectivity index (χ2n) is 3.36. The number of halogens is 2. The Hall–Kier alpha value is -1.07. The fraction of sp³-hybridized carbons (Fsp3) is 0.300. The average molecular weight is 258 g/mol. The summed E-state index contributed by atoms with van der Waals surface area (Å²) in [5.41, 5.74) is 1.14. The van der Waals surface area contributed by atoms with Gasteiger partial charge in [-0.3, -0.25) is 0 Å². The van der Waals surface area contributed by atoms with Crippen molar-refractivity contribution in [2.24, 2.45) is 0 Å². The van der Waals surface area contributed by atoms with Gasteiger partial charge in [0.25, 0.3) is 0 Å². The predicted octanol–water partition coefficient (Wildman–Crippen LogP) is 2.93. The molecule has 0 aromatic carbocycles. The highest BCUT2D eigenvalue weighted by molar-refractivity contribution is 7.09. The summed E-state index contributed by atoms with van der Waals surface area (Å²) < 4.78 is 13.2. The van der Waals surface area contributed by atoms with Crippen molar-refractivity contribution in [1.29, 1.82) is 0 Å². The normalized spacial score (nSPS) is 10.8. The molecule has 0 spiro atoms. The number of aromatic nitrogens is 3. The van der Waals surface area contributed by atoms with Gasteiger partial charge in [-0.25, -0.2) is 19.3 Å². The Bertz CT molecular complexity index is 504. The van der Waals surface area contributed by atoms with Crippen LogP contribution in [-0.4, -0.2) is 15.0 Å². The lowest BCUT2D eigenvalue weighted by atomic mass is 10.3. The van der Waals surface area contributed by atoms with E-state index in [2.05, 4.69) is 15.0 Å². The Balaban J connectivity index is 2.28. The first-order valence-corrected chi connectivity index (χ1v) is 5.91. The Labute approximate surface area is 101 Å². The third kappa shape index (κ3) is 2.36. The van der Waals surface area contributed by atoms with Crippen molar-refractivity contribution in [3.05, 3.63) is 38.6 Å². The van der Waals surface area contributed by atoms with Gasteiger partial charge in [0.1, 0.15) is 5.82 Å². The van der Waals surface area contributed by atoms with E-state index in [1.165, 1.54) is 0 Å². The van der Waals surface area contributed by atoms with Gasteiger partial charge in [0, 0.05) is 5.38 Å². The van der Waals surface area contributed by atoms with E-state index in [1.54, 1.807) is 18.3 Å². The highest BCUT2D eigenvalue weighted by atomic mass is 35.5. The van der Waals surface area contributed by atoms with Crippen LogP contribution in [0.25, 0.3) is 0 Å². The molecule has 6 heteroatoms. The number of hydrogen-bond donors (Lipinski definition) is 0. The maximum absolute atomic E-state index is 13.2. The van der Waals surface area contributed by atoms with E-state index >= 15 is 0 Å². The van der Waals surface area contributed by atoms with Gasteiger partial charge in [-0.1, -0.05) is 11.6 Å². The second kappa shape index (κ2) is 4.43. The van der Waals surface area contributed by atoms with Crippen LogP contribution >= 0.6 is 22.9 Å². The molecule has 0 fully saturated rings. The first-order valence-electron chi connectivity index (χ1n) is 4.66. The quantitative estimate of drug-likeness (QED) is 0.777. The molecule has 2 aromatic heterocycles. The van der Waals surface area contributed by atoms with Gasteiger partial charge < -0.3 is 0 Å². The largest absolute Gasteiger partial charge is 0.246 e. The molecule has 0 unspecified atom stereocenters. The van der Waals surface area contributed by atoms with Crippen molar-refractivity contribution in [3.8, 4) is 0 Å². The number of thiazole rings is 1. The summed E-state index contributed by atoms with van der Waals surface area (Å²) in [4.78, 5) is 12.2. The number of rotatable bonds is 2. The summed E-state index contributed by atoms with van der Waals surface area (Å²) in [5, 5.41) is 2.79. The minimum Gasteiger partial charge on any atom is -0.246 e. The van der Waals surface area contributed by atoms with Gasteiger partial charge in [-0.05, 0) is 13.8 Å². The molecule has 3 nitrogen and oxygen atoms in total. The van der Waals surface area contributed by atoms with Crippen LogP contribution in [0.1, 0.15) is 22.2 Å². The first kappa shape index (κ1) is 11.4. The van der Waals surface area contributed by atoms with E-state index in [0.29, 0.717) is 12.2 Å². The number of nitrogens with zero attached hydrogens (tertiary/aromatic N) is 3. The molecule has 2 aromatic rings. The molecule has 0 saturated carbocycles. The summed E-state index contributed by atoms with van der Waals surface area (Å²) >= 11 is 7.21. The topological polar surface area (TPSA) is 38.7 Å². The molecule has 0 radical (unpaired) electrons. The molecule has 2 rings (SSSR count). The van der Waals surface area contributed by atoms with Crippen LogP contribution in [0.2, 0.25) is 5.15 Å². The second-order valence-corrected chi connectivity index (χ2v) is 4.78. The van der Waals surface area contributed by atoms with Crippen molar-refractivity contribution in [1.82, 2.24) is 15.0 Å². The molecule has 0 aliphatic carbocycles. The maximum atomic E-state index is 13.2. The summed E-state index contributed by atoms with van der Waals surface area (Å²) in [6, 6.07) is 0. The fourth-order valence-electron chi connectivity index (χ4n) is 1.31. The van der Waals surface area contributed by atoms with E-state index in [0.717, 1.165) is 10.7 Å². The Kier molecular flexibility index (Phi) is 3.16. The van der Waals surface area contributed by atoms with E-state index in [1.807, 2.05) is 12.3 Å². The molecule has 0 N–H and O–H groups in total. The van der Waals surface area contributed by atoms with Crippen molar-refractivity contribution < 1.29 is 4.39 Å². The van der Waals surface area contributed by atoms with Crippen molar-refractivity contribution in [2.75, 3.05) is 0 Å². The minimum absolute atomic E-state index is 0.130. The van der Waals surface area contributed by atoms with Crippen LogP contribution < -0.4 is 0 Å². The summed E-state index contributed by atoms with van der Waals surface area (Å²) in [7, 11) is 0. The van der Waals surface area contributed by atoms with Gasteiger partial charge in [0.05, 0.1) is 22.8 Å². The van der Waals surface area contributed by atoms with Crippen molar-refractivity contribution in [3.63, 3.8) is 0 Å². The summed E-state index contributed by atoms with van der Waals surface area (Å²) in [6.45, 7) is 3.50. The molecule has 0 aliphatic heterocycles. The molecular weight excluding hydrogens is 249 g/mol. The fourth-order valence-corrected chi connectivity index (χ4v) is 2.16. The van der Waals surface area contributed by atoms with E-state index < -0.39 is 5.82 Å². The van der Waals surface area contributed by atoms with Gasteiger partial charge in [0.2, 0.25) is 0 Å². The molecule has 0 aliphatic rings. The highest BCUT2D eigenvalue weighted by Gasteiger charge is 2.10. The lowest BCUT2D eigenvalue weighted by Gasteiger charge is -2.01. The van der Waals surface area contributed by atoms with E-state index in [-0.39, 0.29) is 10.8 Å². The molecular formula is C10H9ClFN3S. The lowest BCUT2D eigenvalue weighted by Crippen LogP contribution is -2.02. The van der Waals surface area contributed by atoms with Crippen LogP contribution in [0.3, 0.4) is 0 Å². The molecule has 0 amide bonds. The SMILES string of the molecule is Cc1nc(Cc2nc(C)c(F)c(Cl)n2)cs1. The van der Waals surface area contributed by atoms with Gasteiger partial charge in [0.15, 0.2) is 11.0 Å². The monoisotopic (exact) mass is 257 g/mol. The first-order chi connectivity index (χ1) is 7.56. The zero-order chi connectivity index (χ0) is 11.7. The van der Waals surface area contributed by atoms with E-state index in [4.69, 9.17) is 11.6 Å². The lowest BCUT2D eigenvalue weighted by molar-refractivity contribution is 0.597. The predicted molar refractivity (Wildman–Crippen MR) is 61.4 cm³/mol. The summed E-state index contributed by atoms with van der Waals surface area (Å²) in [6.07, 6.45) is 0.477. The molecule has 0 atom stereocenters. The minimum atomic E-state index is -0.556. The Morgan fingerprint density at radius 2 is 2.06 bits per heavy atom. The third-order valence-corrected chi connectivity index (χ3v) is 3.10. The molecule has 16 heavy (non-hydrogen) atoms. The van der Waals surface area contributed by atoms with E-state index in [9.17, 15) is 4.39 Å². The standard InChI is InChI=1S/C10H9ClFN3S/c1-5-9(12)10(11)15-8(13-5)3-7-4-16-6(2)14-7/h4H,3H2,1-2H3. The van der Waals surface area contributed by atoms with Crippen molar-refractivity contribution in [2.45, 2.75) is 20.3 Å². The zero-order valence-corrected chi connectivity index (χ0v) is 10.4. The molecule has 0 saturated heterocycles.